The summed E-state index contributed by atoms with van der Waals surface area (Å²) in [5.41, 5.74) is 1.31. The molecule has 1 N–H and O–H groups in total. The molecule has 0 aliphatic carbocycles. The lowest BCUT2D eigenvalue weighted by Crippen LogP contribution is -2.26. The van der Waals surface area contributed by atoms with Crippen molar-refractivity contribution < 1.29 is 0 Å². The van der Waals surface area contributed by atoms with Gasteiger partial charge in [0.2, 0.25) is 0 Å². The van der Waals surface area contributed by atoms with E-state index in [2.05, 4.69) is 23.7 Å². The van der Waals surface area contributed by atoms with Crippen LogP contribution in [0, 0.1) is 11.8 Å². The SMILES string of the molecule is C=C(C)CCN1C[C@H]2CNC[C@H]2C1. The molecule has 0 amide bonds. The van der Waals surface area contributed by atoms with Gasteiger partial charge in [0.15, 0.2) is 0 Å². The molecule has 0 spiro atoms. The normalized spacial score (nSPS) is 33.6. The molecule has 2 aliphatic rings. The van der Waals surface area contributed by atoms with Crippen LogP contribution in [0.15, 0.2) is 12.2 Å². The van der Waals surface area contributed by atoms with Gasteiger partial charge in [0, 0.05) is 19.6 Å². The molecule has 2 rings (SSSR count). The highest BCUT2D eigenvalue weighted by Gasteiger charge is 2.35. The van der Waals surface area contributed by atoms with Crippen molar-refractivity contribution in [3.8, 4) is 0 Å². The van der Waals surface area contributed by atoms with Crippen molar-refractivity contribution >= 4 is 0 Å². The number of hydrogen-bond acceptors (Lipinski definition) is 2. The molecule has 2 fully saturated rings. The van der Waals surface area contributed by atoms with Crippen LogP contribution in [0.3, 0.4) is 0 Å². The molecular formula is C11H20N2. The first kappa shape index (κ1) is 9.22. The molecule has 0 aromatic rings. The lowest BCUT2D eigenvalue weighted by molar-refractivity contribution is 0.317. The summed E-state index contributed by atoms with van der Waals surface area (Å²) < 4.78 is 0. The first-order valence-corrected chi connectivity index (χ1v) is 5.33. The number of fused-ring (bicyclic) bond motifs is 1. The molecule has 74 valence electrons. The van der Waals surface area contributed by atoms with Gasteiger partial charge >= 0.3 is 0 Å². The largest absolute Gasteiger partial charge is 0.316 e. The minimum absolute atomic E-state index is 0.935. The van der Waals surface area contributed by atoms with Crippen molar-refractivity contribution in [1.29, 1.82) is 0 Å². The fraction of sp³-hybridized carbons (Fsp3) is 0.818. The molecule has 0 saturated carbocycles. The molecule has 0 aromatic heterocycles. The zero-order chi connectivity index (χ0) is 9.26. The molecular weight excluding hydrogens is 160 g/mol. The fourth-order valence-electron chi connectivity index (χ4n) is 2.48. The number of nitrogens with one attached hydrogen (secondary N) is 1. The van der Waals surface area contributed by atoms with Crippen LogP contribution in [0.2, 0.25) is 0 Å². The molecule has 2 nitrogen and oxygen atoms in total. The zero-order valence-corrected chi connectivity index (χ0v) is 8.55. The Hall–Kier alpha value is -0.340. The summed E-state index contributed by atoms with van der Waals surface area (Å²) in [5, 5.41) is 3.47. The van der Waals surface area contributed by atoms with Gasteiger partial charge in [-0.1, -0.05) is 5.57 Å². The molecule has 2 aliphatic heterocycles. The van der Waals surface area contributed by atoms with E-state index in [0.29, 0.717) is 0 Å². The third-order valence-electron chi connectivity index (χ3n) is 3.32. The lowest BCUT2D eigenvalue weighted by atomic mass is 10.0. The van der Waals surface area contributed by atoms with Crippen molar-refractivity contribution in [2.24, 2.45) is 11.8 Å². The van der Waals surface area contributed by atoms with Gasteiger partial charge in [0.25, 0.3) is 0 Å². The van der Waals surface area contributed by atoms with Crippen LogP contribution in [0.1, 0.15) is 13.3 Å². The van der Waals surface area contributed by atoms with Crippen LogP contribution in [-0.4, -0.2) is 37.6 Å². The fourth-order valence-corrected chi connectivity index (χ4v) is 2.48. The minimum Gasteiger partial charge on any atom is -0.316 e. The molecule has 2 heterocycles. The maximum atomic E-state index is 3.95. The Morgan fingerprint density at radius 1 is 1.38 bits per heavy atom. The van der Waals surface area contributed by atoms with Crippen LogP contribution in [0.25, 0.3) is 0 Å². The van der Waals surface area contributed by atoms with E-state index in [0.717, 1.165) is 11.8 Å². The molecule has 2 atom stereocenters. The molecule has 13 heavy (non-hydrogen) atoms. The summed E-state index contributed by atoms with van der Waals surface area (Å²) in [4.78, 5) is 2.60. The molecule has 0 unspecified atom stereocenters. The smallest absolute Gasteiger partial charge is 0.00257 e. The minimum atomic E-state index is 0.935. The van der Waals surface area contributed by atoms with Crippen LogP contribution >= 0.6 is 0 Å². The Bertz CT molecular complexity index is 188. The number of nitrogens with zero attached hydrogens (tertiary/aromatic N) is 1. The number of rotatable bonds is 3. The van der Waals surface area contributed by atoms with E-state index in [1.165, 1.54) is 44.7 Å². The van der Waals surface area contributed by atoms with E-state index in [4.69, 9.17) is 0 Å². The first-order valence-electron chi connectivity index (χ1n) is 5.33. The van der Waals surface area contributed by atoms with Gasteiger partial charge in [-0.3, -0.25) is 0 Å². The van der Waals surface area contributed by atoms with Gasteiger partial charge in [0.1, 0.15) is 0 Å². The number of hydrogen-bond donors (Lipinski definition) is 1. The van der Waals surface area contributed by atoms with Crippen molar-refractivity contribution in [1.82, 2.24) is 10.2 Å². The third-order valence-corrected chi connectivity index (χ3v) is 3.32. The highest BCUT2D eigenvalue weighted by atomic mass is 15.2. The van der Waals surface area contributed by atoms with Gasteiger partial charge < -0.3 is 10.2 Å². The Morgan fingerprint density at radius 2 is 2.00 bits per heavy atom. The predicted octanol–water partition coefficient (Wildman–Crippen LogP) is 1.10. The van der Waals surface area contributed by atoms with Crippen LogP contribution in [-0.2, 0) is 0 Å². The highest BCUT2D eigenvalue weighted by molar-refractivity contribution is 4.94. The van der Waals surface area contributed by atoms with Crippen molar-refractivity contribution in [2.75, 3.05) is 32.7 Å². The Kier molecular flexibility index (Phi) is 2.70. The van der Waals surface area contributed by atoms with Gasteiger partial charge in [0.05, 0.1) is 0 Å². The van der Waals surface area contributed by atoms with Crippen LogP contribution < -0.4 is 5.32 Å². The van der Waals surface area contributed by atoms with Crippen LogP contribution in [0.5, 0.6) is 0 Å². The molecule has 0 bridgehead atoms. The standard InChI is InChI=1S/C11H20N2/c1-9(2)3-4-13-7-10-5-12-6-11(10)8-13/h10-12H,1,3-8H2,2H3/t10-,11+. The summed E-state index contributed by atoms with van der Waals surface area (Å²) in [5.74, 6) is 1.87. The Balaban J connectivity index is 1.75. The van der Waals surface area contributed by atoms with Crippen molar-refractivity contribution in [2.45, 2.75) is 13.3 Å². The predicted molar refractivity (Wildman–Crippen MR) is 55.7 cm³/mol. The summed E-state index contributed by atoms with van der Waals surface area (Å²) in [6.45, 7) is 12.4. The van der Waals surface area contributed by atoms with Crippen molar-refractivity contribution in [3.63, 3.8) is 0 Å². The van der Waals surface area contributed by atoms with Gasteiger partial charge in [-0.25, -0.2) is 0 Å². The van der Waals surface area contributed by atoms with Gasteiger partial charge in [-0.15, -0.1) is 6.58 Å². The van der Waals surface area contributed by atoms with Crippen molar-refractivity contribution in [3.05, 3.63) is 12.2 Å². The lowest BCUT2D eigenvalue weighted by Gasteiger charge is -2.16. The summed E-state index contributed by atoms with van der Waals surface area (Å²) >= 11 is 0. The topological polar surface area (TPSA) is 15.3 Å². The molecule has 0 aromatic carbocycles. The van der Waals surface area contributed by atoms with Crippen LogP contribution in [0.4, 0.5) is 0 Å². The average Bonchev–Trinajstić information content (AvgIpc) is 2.58. The summed E-state index contributed by atoms with van der Waals surface area (Å²) in [7, 11) is 0. The molecule has 0 radical (unpaired) electrons. The van der Waals surface area contributed by atoms with E-state index < -0.39 is 0 Å². The van der Waals surface area contributed by atoms with E-state index in [1.54, 1.807) is 0 Å². The van der Waals surface area contributed by atoms with E-state index in [-0.39, 0.29) is 0 Å². The quantitative estimate of drug-likeness (QED) is 0.654. The van der Waals surface area contributed by atoms with E-state index >= 15 is 0 Å². The maximum Gasteiger partial charge on any atom is 0.00257 e. The first-order chi connectivity index (χ1) is 6.25. The third kappa shape index (κ3) is 2.12. The van der Waals surface area contributed by atoms with Gasteiger partial charge in [-0.2, -0.15) is 0 Å². The van der Waals surface area contributed by atoms with Gasteiger partial charge in [-0.05, 0) is 38.3 Å². The summed E-state index contributed by atoms with van der Waals surface area (Å²) in [6, 6.07) is 0. The second-order valence-corrected chi connectivity index (χ2v) is 4.65. The second-order valence-electron chi connectivity index (χ2n) is 4.65. The molecule has 2 saturated heterocycles. The zero-order valence-electron chi connectivity index (χ0n) is 8.55. The highest BCUT2D eigenvalue weighted by Crippen LogP contribution is 2.26. The Labute approximate surface area is 81.0 Å². The second kappa shape index (κ2) is 3.81. The number of likely N-dealkylation sites (tertiary alicyclic amines) is 1. The average molecular weight is 180 g/mol. The van der Waals surface area contributed by atoms with E-state index in [1.807, 2.05) is 0 Å². The Morgan fingerprint density at radius 3 is 2.54 bits per heavy atom. The van der Waals surface area contributed by atoms with E-state index in [9.17, 15) is 0 Å². The monoisotopic (exact) mass is 180 g/mol. The summed E-state index contributed by atoms with van der Waals surface area (Å²) in [6.07, 6.45) is 1.17. The molecule has 2 heteroatoms. The maximum absolute atomic E-state index is 3.95.